The van der Waals surface area contributed by atoms with Gasteiger partial charge in [0.1, 0.15) is 0 Å². The van der Waals surface area contributed by atoms with Gasteiger partial charge in [-0.1, -0.05) is 30.3 Å². The van der Waals surface area contributed by atoms with Crippen LogP contribution in [0.2, 0.25) is 0 Å². The molecule has 0 aromatic heterocycles. The van der Waals surface area contributed by atoms with Crippen molar-refractivity contribution < 1.29 is 0 Å². The summed E-state index contributed by atoms with van der Waals surface area (Å²) in [6.07, 6.45) is 8.72. The molecule has 0 radical (unpaired) electrons. The summed E-state index contributed by atoms with van der Waals surface area (Å²) in [4.78, 5) is 6.92. The molecule has 3 aliphatic rings. The zero-order chi connectivity index (χ0) is 17.3. The number of nitrogens with zero attached hydrogens (tertiary/aromatic N) is 2. The average Bonchev–Trinajstić information content (AvgIpc) is 3.39. The van der Waals surface area contributed by atoms with Crippen molar-refractivity contribution in [2.45, 2.75) is 68.5 Å². The minimum Gasteiger partial charge on any atom is -0.387 e. The molecule has 1 aromatic carbocycles. The number of hydrogen-bond donors (Lipinski definition) is 2. The summed E-state index contributed by atoms with van der Waals surface area (Å²) >= 11 is 0. The van der Waals surface area contributed by atoms with E-state index >= 15 is 0 Å². The predicted octanol–water partition coefficient (Wildman–Crippen LogP) is 2.90. The van der Waals surface area contributed by atoms with Gasteiger partial charge in [-0.2, -0.15) is 0 Å². The Kier molecular flexibility index (Phi) is 4.83. The summed E-state index contributed by atoms with van der Waals surface area (Å²) in [5, 5.41) is 3.93. The first-order valence-corrected chi connectivity index (χ1v) is 9.97. The molecule has 25 heavy (non-hydrogen) atoms. The molecule has 0 amide bonds. The average molecular weight is 341 g/mol. The monoisotopic (exact) mass is 340 g/mol. The van der Waals surface area contributed by atoms with Crippen LogP contribution in [0.3, 0.4) is 0 Å². The van der Waals surface area contributed by atoms with E-state index in [1.54, 1.807) is 0 Å². The molecule has 0 spiro atoms. The first kappa shape index (κ1) is 17.0. The molecule has 2 aliphatic carbocycles. The summed E-state index contributed by atoms with van der Waals surface area (Å²) in [5.41, 5.74) is 7.88. The van der Waals surface area contributed by atoms with E-state index in [0.717, 1.165) is 18.2 Å². The normalized spacial score (nSPS) is 30.0. The van der Waals surface area contributed by atoms with E-state index < -0.39 is 0 Å². The first-order valence-electron chi connectivity index (χ1n) is 9.97. The third-order valence-electron chi connectivity index (χ3n) is 6.72. The van der Waals surface area contributed by atoms with Crippen molar-refractivity contribution in [1.29, 1.82) is 0 Å². The topological polar surface area (TPSA) is 53.6 Å². The highest BCUT2D eigenvalue weighted by Gasteiger charge is 2.45. The van der Waals surface area contributed by atoms with Crippen LogP contribution in [-0.4, -0.2) is 48.5 Å². The standard InChI is InChI=1S/C21H32N4/c1-23-20(22)15-21(10-5-11-21)25-12-8-17(9-13-25)24-19-14-18(19)16-6-3-2-4-7-16/h2-4,6-7,17-19,24H,5,8-15H2,1H3,(H2,22,23)/t18-,19+/m0/s1. The zero-order valence-electron chi connectivity index (χ0n) is 15.5. The van der Waals surface area contributed by atoms with Crippen LogP contribution in [0.5, 0.6) is 0 Å². The van der Waals surface area contributed by atoms with Crippen molar-refractivity contribution in [3.63, 3.8) is 0 Å². The highest BCUT2D eigenvalue weighted by Crippen LogP contribution is 2.43. The molecule has 2 atom stereocenters. The Hall–Kier alpha value is -1.39. The molecule has 4 heteroatoms. The van der Waals surface area contributed by atoms with Crippen LogP contribution in [0.4, 0.5) is 0 Å². The second-order valence-electron chi connectivity index (χ2n) is 8.26. The second-order valence-corrected chi connectivity index (χ2v) is 8.26. The largest absolute Gasteiger partial charge is 0.387 e. The van der Waals surface area contributed by atoms with Crippen LogP contribution in [0.25, 0.3) is 0 Å². The predicted molar refractivity (Wildman–Crippen MR) is 104 cm³/mol. The van der Waals surface area contributed by atoms with Gasteiger partial charge >= 0.3 is 0 Å². The van der Waals surface area contributed by atoms with Gasteiger partial charge in [0.05, 0.1) is 5.84 Å². The van der Waals surface area contributed by atoms with E-state index in [4.69, 9.17) is 5.73 Å². The molecule has 1 heterocycles. The van der Waals surface area contributed by atoms with Crippen molar-refractivity contribution in [2.24, 2.45) is 10.7 Å². The number of hydrogen-bond acceptors (Lipinski definition) is 3. The van der Waals surface area contributed by atoms with Crippen LogP contribution < -0.4 is 11.1 Å². The van der Waals surface area contributed by atoms with Crippen molar-refractivity contribution in [2.75, 3.05) is 20.1 Å². The van der Waals surface area contributed by atoms with Gasteiger partial charge in [-0.25, -0.2) is 0 Å². The fourth-order valence-corrected chi connectivity index (χ4v) is 4.88. The van der Waals surface area contributed by atoms with Gasteiger partial charge in [0.2, 0.25) is 0 Å². The Morgan fingerprint density at radius 1 is 1.24 bits per heavy atom. The molecular weight excluding hydrogens is 308 g/mol. The number of benzene rings is 1. The summed E-state index contributed by atoms with van der Waals surface area (Å²) < 4.78 is 0. The van der Waals surface area contributed by atoms with Gasteiger partial charge in [0.15, 0.2) is 0 Å². The van der Waals surface area contributed by atoms with Crippen LogP contribution in [0, 0.1) is 0 Å². The van der Waals surface area contributed by atoms with Crippen molar-refractivity contribution in [1.82, 2.24) is 10.2 Å². The van der Waals surface area contributed by atoms with Gasteiger partial charge in [-0.05, 0) is 44.1 Å². The van der Waals surface area contributed by atoms with Gasteiger partial charge in [0, 0.05) is 50.1 Å². The van der Waals surface area contributed by atoms with Crippen LogP contribution in [0.1, 0.15) is 56.4 Å². The van der Waals surface area contributed by atoms with Crippen molar-refractivity contribution in [3.05, 3.63) is 35.9 Å². The lowest BCUT2D eigenvalue weighted by Crippen LogP contribution is -2.59. The molecule has 0 bridgehead atoms. The maximum atomic E-state index is 6.06. The molecule has 136 valence electrons. The lowest BCUT2D eigenvalue weighted by molar-refractivity contribution is 0.00113. The lowest BCUT2D eigenvalue weighted by Gasteiger charge is -2.52. The van der Waals surface area contributed by atoms with Gasteiger partial charge in [-0.15, -0.1) is 0 Å². The Labute approximate surface area is 151 Å². The van der Waals surface area contributed by atoms with Gasteiger partial charge < -0.3 is 11.1 Å². The van der Waals surface area contributed by atoms with Crippen LogP contribution >= 0.6 is 0 Å². The number of nitrogens with one attached hydrogen (secondary N) is 1. The Bertz CT molecular complexity index is 600. The SMILES string of the molecule is CN=C(N)CC1(N2CCC(N[C@@H]3C[C@H]3c3ccccc3)CC2)CCC1. The minimum absolute atomic E-state index is 0.320. The highest BCUT2D eigenvalue weighted by molar-refractivity contribution is 5.81. The van der Waals surface area contributed by atoms with Crippen LogP contribution in [-0.2, 0) is 0 Å². The molecule has 1 aliphatic heterocycles. The summed E-state index contributed by atoms with van der Waals surface area (Å²) in [5.74, 6) is 1.56. The molecule has 4 rings (SSSR count). The zero-order valence-corrected chi connectivity index (χ0v) is 15.5. The van der Waals surface area contributed by atoms with Crippen molar-refractivity contribution >= 4 is 5.84 Å². The molecule has 3 N–H and O–H groups in total. The van der Waals surface area contributed by atoms with E-state index in [1.807, 2.05) is 7.05 Å². The van der Waals surface area contributed by atoms with E-state index in [0.29, 0.717) is 17.6 Å². The summed E-state index contributed by atoms with van der Waals surface area (Å²) in [6.45, 7) is 2.41. The van der Waals surface area contributed by atoms with Crippen LogP contribution in [0.15, 0.2) is 35.3 Å². The summed E-state index contributed by atoms with van der Waals surface area (Å²) in [6, 6.07) is 12.4. The fourth-order valence-electron chi connectivity index (χ4n) is 4.88. The lowest BCUT2D eigenvalue weighted by atomic mass is 9.71. The smallest absolute Gasteiger partial charge is 0.0952 e. The minimum atomic E-state index is 0.320. The Balaban J connectivity index is 1.26. The number of piperidine rings is 1. The van der Waals surface area contributed by atoms with E-state index in [-0.39, 0.29) is 0 Å². The van der Waals surface area contributed by atoms with E-state index in [2.05, 4.69) is 45.5 Å². The molecular formula is C21H32N4. The Morgan fingerprint density at radius 2 is 1.96 bits per heavy atom. The highest BCUT2D eigenvalue weighted by atomic mass is 15.2. The molecule has 1 aromatic rings. The number of aliphatic imine (C=N–C) groups is 1. The first-order chi connectivity index (χ1) is 12.2. The van der Waals surface area contributed by atoms with Crippen molar-refractivity contribution in [3.8, 4) is 0 Å². The number of nitrogens with two attached hydrogens (primary N) is 1. The summed E-state index contributed by atoms with van der Waals surface area (Å²) in [7, 11) is 1.82. The third kappa shape index (κ3) is 3.61. The van der Waals surface area contributed by atoms with Gasteiger partial charge in [-0.3, -0.25) is 9.89 Å². The molecule has 0 unspecified atom stereocenters. The maximum Gasteiger partial charge on any atom is 0.0952 e. The van der Waals surface area contributed by atoms with Gasteiger partial charge in [0.25, 0.3) is 0 Å². The molecule has 2 saturated carbocycles. The number of likely N-dealkylation sites (tertiary alicyclic amines) is 1. The second kappa shape index (κ2) is 7.08. The molecule has 3 fully saturated rings. The van der Waals surface area contributed by atoms with E-state index in [1.165, 1.54) is 57.2 Å². The fraction of sp³-hybridized carbons (Fsp3) is 0.667. The quantitative estimate of drug-likeness (QED) is 0.618. The number of amidine groups is 1. The Morgan fingerprint density at radius 3 is 2.56 bits per heavy atom. The third-order valence-corrected chi connectivity index (χ3v) is 6.72. The number of rotatable bonds is 6. The molecule has 1 saturated heterocycles. The maximum absolute atomic E-state index is 6.06. The molecule has 4 nitrogen and oxygen atoms in total. The van der Waals surface area contributed by atoms with E-state index in [9.17, 15) is 0 Å².